The molecule has 4 aromatic rings. The summed E-state index contributed by atoms with van der Waals surface area (Å²) in [5, 5.41) is 12.9. The molecule has 0 radical (unpaired) electrons. The molecule has 2 N–H and O–H groups in total. The van der Waals surface area contributed by atoms with Crippen LogP contribution >= 0.6 is 11.6 Å². The third-order valence-corrected chi connectivity index (χ3v) is 8.58. The first kappa shape index (κ1) is 27.8. The fraction of sp³-hybridized carbons (Fsp3) is 0.303. The van der Waals surface area contributed by atoms with Crippen LogP contribution in [0.15, 0.2) is 66.7 Å². The number of aryl methyl sites for hydroxylation is 1. The number of carboxylic acid groups (broad SMARTS) is 1. The average Bonchev–Trinajstić information content (AvgIpc) is 2.99. The van der Waals surface area contributed by atoms with Crippen LogP contribution in [0.1, 0.15) is 64.1 Å². The first-order valence-electron chi connectivity index (χ1n) is 14.3. The van der Waals surface area contributed by atoms with Crippen LogP contribution in [0.25, 0.3) is 22.3 Å². The molecule has 9 heteroatoms. The van der Waals surface area contributed by atoms with E-state index in [0.29, 0.717) is 66.8 Å². The molecule has 0 bridgehead atoms. The van der Waals surface area contributed by atoms with Crippen LogP contribution in [0.3, 0.4) is 0 Å². The number of fused-ring (bicyclic) bond motifs is 2. The van der Waals surface area contributed by atoms with Crippen molar-refractivity contribution in [3.8, 4) is 11.3 Å². The van der Waals surface area contributed by atoms with Crippen LogP contribution in [0.2, 0.25) is 5.02 Å². The Morgan fingerprint density at radius 3 is 2.48 bits per heavy atom. The van der Waals surface area contributed by atoms with Gasteiger partial charge in [0.1, 0.15) is 0 Å². The van der Waals surface area contributed by atoms with Crippen molar-refractivity contribution in [1.29, 1.82) is 0 Å². The zero-order valence-corrected chi connectivity index (χ0v) is 23.9. The van der Waals surface area contributed by atoms with E-state index in [1.54, 1.807) is 24.3 Å². The Hall–Kier alpha value is -4.30. The number of amides is 2. The van der Waals surface area contributed by atoms with Gasteiger partial charge in [0.15, 0.2) is 0 Å². The van der Waals surface area contributed by atoms with Crippen molar-refractivity contribution in [2.75, 3.05) is 13.1 Å². The maximum atomic E-state index is 13.6. The molecule has 3 aromatic carbocycles. The predicted octanol–water partition coefficient (Wildman–Crippen LogP) is 5.71. The Morgan fingerprint density at radius 2 is 1.71 bits per heavy atom. The van der Waals surface area contributed by atoms with Crippen LogP contribution in [-0.4, -0.2) is 56.4 Å². The van der Waals surface area contributed by atoms with Gasteiger partial charge in [0.05, 0.1) is 22.4 Å². The van der Waals surface area contributed by atoms with E-state index in [2.05, 4.69) is 5.32 Å². The molecule has 2 aliphatic heterocycles. The molecule has 1 fully saturated rings. The van der Waals surface area contributed by atoms with E-state index >= 15 is 0 Å². The number of hydrogen-bond acceptors (Lipinski definition) is 5. The monoisotopic (exact) mass is 582 g/mol. The van der Waals surface area contributed by atoms with Gasteiger partial charge < -0.3 is 15.3 Å². The first-order valence-corrected chi connectivity index (χ1v) is 14.7. The molecule has 0 atom stereocenters. The molecule has 8 nitrogen and oxygen atoms in total. The van der Waals surface area contributed by atoms with E-state index in [-0.39, 0.29) is 23.8 Å². The van der Waals surface area contributed by atoms with Crippen molar-refractivity contribution in [3.63, 3.8) is 0 Å². The number of halogens is 1. The van der Waals surface area contributed by atoms with Gasteiger partial charge >= 0.3 is 5.97 Å². The summed E-state index contributed by atoms with van der Waals surface area (Å²) in [7, 11) is 0. The second kappa shape index (κ2) is 11.5. The van der Waals surface area contributed by atoms with E-state index in [4.69, 9.17) is 26.7 Å². The number of carbonyl (C=O) groups is 3. The lowest BCUT2D eigenvalue weighted by molar-refractivity contribution is -0.137. The number of nitrogens with zero attached hydrogens (tertiary/aromatic N) is 3. The normalized spacial score (nSPS) is 15.8. The van der Waals surface area contributed by atoms with Crippen LogP contribution in [0, 0.1) is 0 Å². The number of benzene rings is 3. The predicted molar refractivity (Wildman–Crippen MR) is 161 cm³/mol. The molecule has 214 valence electrons. The van der Waals surface area contributed by atoms with Crippen molar-refractivity contribution in [2.24, 2.45) is 0 Å². The van der Waals surface area contributed by atoms with E-state index in [0.717, 1.165) is 34.5 Å². The van der Waals surface area contributed by atoms with Gasteiger partial charge in [-0.05, 0) is 80.5 Å². The van der Waals surface area contributed by atoms with Gasteiger partial charge in [0, 0.05) is 46.8 Å². The summed E-state index contributed by atoms with van der Waals surface area (Å²) in [6.07, 6.45) is 4.01. The molecule has 1 spiro atoms. The van der Waals surface area contributed by atoms with Crippen molar-refractivity contribution < 1.29 is 19.5 Å². The minimum Gasteiger partial charge on any atom is -0.481 e. The molecule has 0 aliphatic carbocycles. The molecule has 6 rings (SSSR count). The highest BCUT2D eigenvalue weighted by molar-refractivity contribution is 6.30. The second-order valence-electron chi connectivity index (χ2n) is 11.2. The number of hydrogen-bond donors (Lipinski definition) is 2. The number of nitrogens with one attached hydrogen (secondary N) is 1. The van der Waals surface area contributed by atoms with Gasteiger partial charge in [0.25, 0.3) is 11.8 Å². The topological polar surface area (TPSA) is 112 Å². The van der Waals surface area contributed by atoms with Crippen molar-refractivity contribution in [2.45, 2.75) is 50.5 Å². The summed E-state index contributed by atoms with van der Waals surface area (Å²) in [4.78, 5) is 49.0. The van der Waals surface area contributed by atoms with Crippen molar-refractivity contribution in [1.82, 2.24) is 20.2 Å². The fourth-order valence-corrected chi connectivity index (χ4v) is 6.17. The van der Waals surface area contributed by atoms with Gasteiger partial charge in [0.2, 0.25) is 0 Å². The molecule has 2 aliphatic rings. The lowest BCUT2D eigenvalue weighted by Gasteiger charge is -2.45. The molecule has 2 amide bonds. The number of aromatic nitrogens is 2. The number of unbranched alkanes of at least 4 members (excludes halogenated alkanes) is 1. The number of rotatable bonds is 7. The lowest BCUT2D eigenvalue weighted by Crippen LogP contribution is -2.59. The highest BCUT2D eigenvalue weighted by Crippen LogP contribution is 2.33. The van der Waals surface area contributed by atoms with E-state index in [1.165, 1.54) is 0 Å². The highest BCUT2D eigenvalue weighted by Gasteiger charge is 2.41. The average molecular weight is 583 g/mol. The number of carbonyl (C=O) groups excluding carboxylic acids is 2. The van der Waals surface area contributed by atoms with E-state index in [1.807, 2.05) is 47.4 Å². The molecule has 0 saturated carbocycles. The van der Waals surface area contributed by atoms with Crippen LogP contribution < -0.4 is 5.32 Å². The Kier molecular flexibility index (Phi) is 7.64. The largest absolute Gasteiger partial charge is 0.481 e. The van der Waals surface area contributed by atoms with Gasteiger partial charge in [-0.25, -0.2) is 9.97 Å². The highest BCUT2D eigenvalue weighted by atomic mass is 35.5. The Balaban J connectivity index is 1.22. The van der Waals surface area contributed by atoms with Crippen molar-refractivity contribution >= 4 is 40.4 Å². The van der Waals surface area contributed by atoms with Crippen LogP contribution in [-0.2, 0) is 17.6 Å². The summed E-state index contributed by atoms with van der Waals surface area (Å²) >= 11 is 6.10. The third-order valence-electron chi connectivity index (χ3n) is 8.33. The summed E-state index contributed by atoms with van der Waals surface area (Å²) in [5.41, 5.74) is 5.67. The minimum absolute atomic E-state index is 0.0403. The van der Waals surface area contributed by atoms with Gasteiger partial charge in [-0.1, -0.05) is 41.9 Å². The lowest BCUT2D eigenvalue weighted by atomic mass is 9.77. The summed E-state index contributed by atoms with van der Waals surface area (Å²) < 4.78 is 0. The second-order valence-corrected chi connectivity index (χ2v) is 11.6. The molecular formula is C33H31ClN4O4. The Morgan fingerprint density at radius 1 is 0.952 bits per heavy atom. The Labute approximate surface area is 248 Å². The fourth-order valence-electron chi connectivity index (χ4n) is 6.04. The van der Waals surface area contributed by atoms with Gasteiger partial charge in [-0.15, -0.1) is 0 Å². The van der Waals surface area contributed by atoms with Crippen LogP contribution in [0.4, 0.5) is 0 Å². The van der Waals surface area contributed by atoms with Gasteiger partial charge in [-0.2, -0.15) is 0 Å². The van der Waals surface area contributed by atoms with Crippen LogP contribution in [0.5, 0.6) is 0 Å². The number of likely N-dealkylation sites (tertiary alicyclic amines) is 1. The molecule has 3 heterocycles. The van der Waals surface area contributed by atoms with Gasteiger partial charge in [-0.3, -0.25) is 14.4 Å². The third kappa shape index (κ3) is 5.72. The maximum Gasteiger partial charge on any atom is 0.303 e. The smallest absolute Gasteiger partial charge is 0.303 e. The number of carboxylic acids is 1. The van der Waals surface area contributed by atoms with E-state index in [9.17, 15) is 14.4 Å². The summed E-state index contributed by atoms with van der Waals surface area (Å²) in [6, 6.07) is 20.5. The summed E-state index contributed by atoms with van der Waals surface area (Å²) in [5.74, 6) is -0.928. The van der Waals surface area contributed by atoms with Crippen molar-refractivity contribution in [3.05, 3.63) is 94.1 Å². The first-order chi connectivity index (χ1) is 20.3. The Bertz CT molecular complexity index is 1680. The minimum atomic E-state index is -0.819. The quantitative estimate of drug-likeness (QED) is 0.270. The number of aliphatic carboxylic acids is 1. The molecular weight excluding hydrogens is 552 g/mol. The summed E-state index contributed by atoms with van der Waals surface area (Å²) in [6.45, 7) is 1.10. The maximum absolute atomic E-state index is 13.6. The zero-order chi connectivity index (χ0) is 29.3. The standard InChI is InChI=1S/C33H31ClN4O4/c34-24-12-9-21(10-13-24)30-27(7-3-4-8-29(39)40)35-28-19-22(11-14-26(28)36-30)32(42)38-17-15-33(16-18-38)20-23-5-1-2-6-25(23)31(41)37-33/h1-2,5-6,9-14,19H,3-4,7-8,15-18,20H2,(H,37,41)(H,39,40). The molecule has 42 heavy (non-hydrogen) atoms. The zero-order valence-electron chi connectivity index (χ0n) is 23.1. The number of piperidine rings is 1. The SMILES string of the molecule is O=C(O)CCCCc1nc2cc(C(=O)N3CCC4(CC3)Cc3ccccc3C(=O)N4)ccc2nc1-c1ccc(Cl)cc1. The molecule has 0 unspecified atom stereocenters. The van der Waals surface area contributed by atoms with E-state index < -0.39 is 5.97 Å². The molecule has 1 saturated heterocycles. The molecule has 1 aromatic heterocycles.